The van der Waals surface area contributed by atoms with Gasteiger partial charge in [-0.15, -0.1) is 0 Å². The molecule has 0 aromatic rings. The lowest BCUT2D eigenvalue weighted by molar-refractivity contribution is -0.305. The number of rotatable bonds is 28. The van der Waals surface area contributed by atoms with Crippen LogP contribution in [0, 0.1) is 0 Å². The normalized spacial score (nSPS) is 22.1. The predicted molar refractivity (Wildman–Crippen MR) is 214 cm³/mol. The number of esters is 2. The fourth-order valence-electron chi connectivity index (χ4n) is 4.73. The van der Waals surface area contributed by atoms with E-state index in [-0.39, 0.29) is 26.1 Å². The first-order valence-electron chi connectivity index (χ1n) is 19.2. The van der Waals surface area contributed by atoms with Gasteiger partial charge in [0, 0.05) is 12.8 Å². The van der Waals surface area contributed by atoms with Crippen molar-refractivity contribution in [2.24, 2.45) is 0 Å². The highest BCUT2D eigenvalue weighted by Crippen LogP contribution is 2.22. The minimum absolute atomic E-state index is 0.110. The Morgan fingerprint density at radius 2 is 1.13 bits per heavy atom. The van der Waals surface area contributed by atoms with Gasteiger partial charge in [0.25, 0.3) is 0 Å². The Bertz CT molecular complexity index is 1280. The standard InChI is InChI=1S/C44H64O10/c1-3-5-7-9-11-13-15-17-18-19-21-22-24-26-28-30-32-39(46)51-35-37(36-52-44-43(50)42(49)41(48)38(34-45)54-44)53-40(47)33-31-29-27-25-23-20-16-14-12-10-8-6-4-2/h5-8,10-14,16-18,20-23,25-28,37-38,41-45,48-50H,3-4,9,15,19,24,29-36H2,1-2H3/b7-5+,8-6+,12-10+,13-11+,16-14+,18-17+,22-21+,23-20+,27-25+,28-26+/t37?,38-,41+,42?,43?,44-/m0/s1. The van der Waals surface area contributed by atoms with Crippen LogP contribution >= 0.6 is 0 Å². The van der Waals surface area contributed by atoms with E-state index in [2.05, 4.69) is 68.5 Å². The molecule has 0 radical (unpaired) electrons. The van der Waals surface area contributed by atoms with E-state index in [1.54, 1.807) is 0 Å². The summed E-state index contributed by atoms with van der Waals surface area (Å²) < 4.78 is 21.9. The van der Waals surface area contributed by atoms with Crippen LogP contribution in [0.5, 0.6) is 0 Å². The van der Waals surface area contributed by atoms with E-state index >= 15 is 0 Å². The second kappa shape index (κ2) is 33.7. The van der Waals surface area contributed by atoms with E-state index in [0.717, 1.165) is 38.5 Å². The summed E-state index contributed by atoms with van der Waals surface area (Å²) in [4.78, 5) is 25.1. The molecule has 0 aromatic heterocycles. The topological polar surface area (TPSA) is 152 Å². The van der Waals surface area contributed by atoms with Gasteiger partial charge in [-0.1, -0.05) is 135 Å². The lowest BCUT2D eigenvalue weighted by Gasteiger charge is -2.39. The predicted octanol–water partition coefficient (Wildman–Crippen LogP) is 7.15. The van der Waals surface area contributed by atoms with Crippen LogP contribution in [0.25, 0.3) is 0 Å². The fraction of sp³-hybridized carbons (Fsp3) is 0.500. The Hall–Kier alpha value is -3.90. The molecule has 3 unspecified atom stereocenters. The molecule has 300 valence electrons. The van der Waals surface area contributed by atoms with Crippen LogP contribution < -0.4 is 0 Å². The number of carbonyl (C=O) groups excluding carboxylic acids is 2. The maximum Gasteiger partial charge on any atom is 0.306 e. The van der Waals surface area contributed by atoms with Gasteiger partial charge in [0.15, 0.2) is 12.4 Å². The van der Waals surface area contributed by atoms with Crippen molar-refractivity contribution in [1.82, 2.24) is 0 Å². The molecule has 1 saturated heterocycles. The van der Waals surface area contributed by atoms with Crippen LogP contribution in [0.1, 0.15) is 84.5 Å². The summed E-state index contributed by atoms with van der Waals surface area (Å²) in [5.74, 6) is -1.01. The Morgan fingerprint density at radius 1 is 0.593 bits per heavy atom. The highest BCUT2D eigenvalue weighted by atomic mass is 16.7. The maximum atomic E-state index is 12.7. The summed E-state index contributed by atoms with van der Waals surface area (Å²) in [6, 6.07) is 0. The zero-order chi connectivity index (χ0) is 39.5. The summed E-state index contributed by atoms with van der Waals surface area (Å²) in [7, 11) is 0. The molecule has 4 N–H and O–H groups in total. The summed E-state index contributed by atoms with van der Waals surface area (Å²) in [5.41, 5.74) is 0. The van der Waals surface area contributed by atoms with Crippen molar-refractivity contribution in [1.29, 1.82) is 0 Å². The molecule has 1 aliphatic heterocycles. The number of hydrogen-bond donors (Lipinski definition) is 4. The molecule has 1 fully saturated rings. The van der Waals surface area contributed by atoms with Gasteiger partial charge < -0.3 is 39.4 Å². The van der Waals surface area contributed by atoms with Gasteiger partial charge in [0.1, 0.15) is 31.0 Å². The minimum atomic E-state index is -1.63. The first-order valence-corrected chi connectivity index (χ1v) is 19.2. The van der Waals surface area contributed by atoms with E-state index < -0.39 is 55.4 Å². The van der Waals surface area contributed by atoms with E-state index in [4.69, 9.17) is 18.9 Å². The van der Waals surface area contributed by atoms with Crippen LogP contribution in [0.3, 0.4) is 0 Å². The molecule has 1 heterocycles. The van der Waals surface area contributed by atoms with Crippen molar-refractivity contribution < 1.29 is 49.0 Å². The molecule has 54 heavy (non-hydrogen) atoms. The van der Waals surface area contributed by atoms with E-state index in [0.29, 0.717) is 19.3 Å². The van der Waals surface area contributed by atoms with Crippen LogP contribution in [0.4, 0.5) is 0 Å². The lowest BCUT2D eigenvalue weighted by atomic mass is 9.99. The van der Waals surface area contributed by atoms with E-state index in [9.17, 15) is 30.0 Å². The number of allylic oxidation sites excluding steroid dienone is 20. The molecule has 0 amide bonds. The third kappa shape index (κ3) is 25.2. The zero-order valence-electron chi connectivity index (χ0n) is 32.1. The number of hydrogen-bond acceptors (Lipinski definition) is 10. The van der Waals surface area contributed by atoms with Crippen molar-refractivity contribution >= 4 is 11.9 Å². The highest BCUT2D eigenvalue weighted by molar-refractivity contribution is 5.70. The monoisotopic (exact) mass is 752 g/mol. The Labute approximate surface area is 322 Å². The van der Waals surface area contributed by atoms with Crippen LogP contribution in [0.15, 0.2) is 122 Å². The van der Waals surface area contributed by atoms with Gasteiger partial charge >= 0.3 is 11.9 Å². The quantitative estimate of drug-likeness (QED) is 0.0281. The molecular formula is C44H64O10. The van der Waals surface area contributed by atoms with Crippen molar-refractivity contribution in [2.45, 2.75) is 121 Å². The number of aliphatic hydroxyl groups excluding tert-OH is 4. The first kappa shape index (κ1) is 48.1. The molecule has 6 atom stereocenters. The van der Waals surface area contributed by atoms with Crippen LogP contribution in [0.2, 0.25) is 0 Å². The molecule has 0 spiro atoms. The first-order chi connectivity index (χ1) is 26.3. The molecule has 1 aliphatic rings. The maximum absolute atomic E-state index is 12.7. The van der Waals surface area contributed by atoms with Gasteiger partial charge in [-0.3, -0.25) is 9.59 Å². The lowest BCUT2D eigenvalue weighted by Crippen LogP contribution is -2.59. The van der Waals surface area contributed by atoms with E-state index in [1.807, 2.05) is 66.8 Å². The zero-order valence-corrected chi connectivity index (χ0v) is 32.1. The van der Waals surface area contributed by atoms with Crippen molar-refractivity contribution in [3.05, 3.63) is 122 Å². The third-order valence-corrected chi connectivity index (χ3v) is 7.73. The van der Waals surface area contributed by atoms with E-state index in [1.165, 1.54) is 0 Å². The molecular weight excluding hydrogens is 688 g/mol. The van der Waals surface area contributed by atoms with Gasteiger partial charge in [-0.25, -0.2) is 0 Å². The fourth-order valence-corrected chi connectivity index (χ4v) is 4.73. The smallest absolute Gasteiger partial charge is 0.306 e. The van der Waals surface area contributed by atoms with Crippen LogP contribution in [-0.4, -0.2) is 89.0 Å². The largest absolute Gasteiger partial charge is 0.462 e. The summed E-state index contributed by atoms with van der Waals surface area (Å²) in [6.07, 6.45) is 39.5. The molecule has 0 aliphatic carbocycles. The van der Waals surface area contributed by atoms with Crippen molar-refractivity contribution in [3.63, 3.8) is 0 Å². The van der Waals surface area contributed by atoms with Crippen LogP contribution in [-0.2, 0) is 28.5 Å². The Balaban J connectivity index is 2.52. The summed E-state index contributed by atoms with van der Waals surface area (Å²) >= 11 is 0. The second-order valence-corrected chi connectivity index (χ2v) is 12.4. The Kier molecular flexibility index (Phi) is 30.0. The van der Waals surface area contributed by atoms with Gasteiger partial charge in [-0.2, -0.15) is 0 Å². The number of ether oxygens (including phenoxy) is 4. The average Bonchev–Trinajstić information content (AvgIpc) is 3.17. The summed E-state index contributed by atoms with van der Waals surface area (Å²) in [6.45, 7) is 2.96. The number of carbonyl (C=O) groups is 2. The molecule has 0 saturated carbocycles. The number of unbranched alkanes of at least 4 members (excludes halogenated alkanes) is 1. The van der Waals surface area contributed by atoms with Crippen molar-refractivity contribution in [3.8, 4) is 0 Å². The molecule has 0 bridgehead atoms. The van der Waals surface area contributed by atoms with Gasteiger partial charge in [-0.05, 0) is 57.8 Å². The number of aliphatic hydroxyl groups is 4. The SMILES string of the molecule is CC/C=C/C=C/C=C/C=C/C=C/CCCC(=O)OC(COC(=O)CC/C=C/C/C=C/C/C=C/C/C=C/C/C=C/CC)CO[C@H]1O[C@@H](CO)[C@@H](O)C(O)C1O. The molecule has 10 nitrogen and oxygen atoms in total. The molecule has 1 rings (SSSR count). The summed E-state index contributed by atoms with van der Waals surface area (Å²) in [5, 5.41) is 39.9. The van der Waals surface area contributed by atoms with Gasteiger partial charge in [0.2, 0.25) is 0 Å². The molecule has 10 heteroatoms. The van der Waals surface area contributed by atoms with Gasteiger partial charge in [0.05, 0.1) is 13.2 Å². The Morgan fingerprint density at radius 3 is 1.70 bits per heavy atom. The second-order valence-electron chi connectivity index (χ2n) is 12.4. The third-order valence-electron chi connectivity index (χ3n) is 7.73. The minimum Gasteiger partial charge on any atom is -0.462 e. The average molecular weight is 753 g/mol. The molecule has 0 aromatic carbocycles. The highest BCUT2D eigenvalue weighted by Gasteiger charge is 2.44. The van der Waals surface area contributed by atoms with Crippen molar-refractivity contribution in [2.75, 3.05) is 19.8 Å².